The minimum atomic E-state index is -0.451. The number of aromatic nitrogens is 3. The van der Waals surface area contributed by atoms with E-state index in [9.17, 15) is 4.79 Å². The number of nitrogens with zero attached hydrogens (tertiary/aromatic N) is 3. The van der Waals surface area contributed by atoms with Gasteiger partial charge in [-0.15, -0.1) is 0 Å². The fourth-order valence-electron chi connectivity index (χ4n) is 1.98. The van der Waals surface area contributed by atoms with Crippen molar-refractivity contribution in [3.05, 3.63) is 42.1 Å². The van der Waals surface area contributed by atoms with Gasteiger partial charge in [0.15, 0.2) is 0 Å². The van der Waals surface area contributed by atoms with Crippen molar-refractivity contribution in [2.75, 3.05) is 12.0 Å². The third-order valence-corrected chi connectivity index (χ3v) is 3.96. The topological polar surface area (TPSA) is 85.8 Å². The number of hydrogen-bond acceptors (Lipinski definition) is 5. The van der Waals surface area contributed by atoms with Crippen LogP contribution in [0.4, 0.5) is 0 Å². The van der Waals surface area contributed by atoms with E-state index in [-0.39, 0.29) is 5.91 Å². The van der Waals surface area contributed by atoms with E-state index in [2.05, 4.69) is 15.3 Å². The Morgan fingerprint density at radius 2 is 2.27 bits per heavy atom. The van der Waals surface area contributed by atoms with Gasteiger partial charge in [0, 0.05) is 25.1 Å². The zero-order valence-electron chi connectivity index (χ0n) is 12.8. The second-order valence-electron chi connectivity index (χ2n) is 4.97. The van der Waals surface area contributed by atoms with Crippen LogP contribution in [0.5, 0.6) is 0 Å². The highest BCUT2D eigenvalue weighted by molar-refractivity contribution is 7.98. The highest BCUT2D eigenvalue weighted by Crippen LogP contribution is 2.08. The predicted octanol–water partition coefficient (Wildman–Crippen LogP) is 1.27. The van der Waals surface area contributed by atoms with Crippen molar-refractivity contribution < 1.29 is 4.79 Å². The van der Waals surface area contributed by atoms with Crippen LogP contribution < -0.4 is 11.1 Å². The first-order valence-electron chi connectivity index (χ1n) is 7.09. The van der Waals surface area contributed by atoms with E-state index in [1.165, 1.54) is 0 Å². The van der Waals surface area contributed by atoms with Gasteiger partial charge in [-0.05, 0) is 37.0 Å². The zero-order chi connectivity index (χ0) is 15.9. The second kappa shape index (κ2) is 7.95. The van der Waals surface area contributed by atoms with Gasteiger partial charge in [-0.2, -0.15) is 11.8 Å². The molecule has 2 aromatic rings. The molecule has 22 heavy (non-hydrogen) atoms. The van der Waals surface area contributed by atoms with Crippen molar-refractivity contribution in [1.82, 2.24) is 19.9 Å². The van der Waals surface area contributed by atoms with Crippen molar-refractivity contribution in [2.24, 2.45) is 5.73 Å². The first-order valence-corrected chi connectivity index (χ1v) is 8.48. The van der Waals surface area contributed by atoms with E-state index in [1.54, 1.807) is 24.2 Å². The van der Waals surface area contributed by atoms with Crippen molar-refractivity contribution in [1.29, 1.82) is 0 Å². The Hall–Kier alpha value is -1.86. The predicted molar refractivity (Wildman–Crippen MR) is 88.9 cm³/mol. The fraction of sp³-hybridized carbons (Fsp3) is 0.400. The third kappa shape index (κ3) is 4.32. The van der Waals surface area contributed by atoms with Crippen molar-refractivity contribution in [3.8, 4) is 5.82 Å². The molecule has 7 heteroatoms. The number of carbonyl (C=O) groups excluding carboxylic acids is 1. The Labute approximate surface area is 134 Å². The number of amides is 1. The molecule has 0 aliphatic rings. The van der Waals surface area contributed by atoms with E-state index < -0.39 is 6.04 Å². The molecular weight excluding hydrogens is 298 g/mol. The average Bonchev–Trinajstić information content (AvgIpc) is 2.96. The number of imidazole rings is 1. The lowest BCUT2D eigenvalue weighted by atomic mass is 10.2. The smallest absolute Gasteiger partial charge is 0.237 e. The van der Waals surface area contributed by atoms with Crippen LogP contribution >= 0.6 is 11.8 Å². The van der Waals surface area contributed by atoms with E-state index in [4.69, 9.17) is 5.73 Å². The van der Waals surface area contributed by atoms with Gasteiger partial charge in [0.05, 0.1) is 6.04 Å². The second-order valence-corrected chi connectivity index (χ2v) is 5.96. The molecule has 1 amide bonds. The molecule has 2 heterocycles. The Kier molecular flexibility index (Phi) is 5.97. The van der Waals surface area contributed by atoms with Gasteiger partial charge in [-0.25, -0.2) is 9.97 Å². The number of rotatable bonds is 7. The summed E-state index contributed by atoms with van der Waals surface area (Å²) in [5.74, 6) is 2.45. The average molecular weight is 319 g/mol. The number of thioether (sulfide) groups is 1. The SMILES string of the molecule is CSCCC(N)C(=O)NCc1ccc(-n2ccnc2C)nc1. The molecule has 6 nitrogen and oxygen atoms in total. The summed E-state index contributed by atoms with van der Waals surface area (Å²) in [6.07, 6.45) is 8.04. The highest BCUT2D eigenvalue weighted by Gasteiger charge is 2.12. The van der Waals surface area contributed by atoms with E-state index in [1.807, 2.05) is 36.1 Å². The van der Waals surface area contributed by atoms with E-state index in [0.717, 1.165) is 23.0 Å². The molecule has 0 radical (unpaired) electrons. The number of hydrogen-bond donors (Lipinski definition) is 2. The van der Waals surface area contributed by atoms with Crippen LogP contribution in [-0.4, -0.2) is 38.5 Å². The Morgan fingerprint density at radius 1 is 1.45 bits per heavy atom. The minimum Gasteiger partial charge on any atom is -0.351 e. The first-order chi connectivity index (χ1) is 10.6. The molecule has 2 rings (SSSR count). The molecule has 2 aromatic heterocycles. The molecule has 118 valence electrons. The Balaban J connectivity index is 1.89. The minimum absolute atomic E-state index is 0.122. The summed E-state index contributed by atoms with van der Waals surface area (Å²) in [7, 11) is 0. The van der Waals surface area contributed by atoms with Crippen LogP contribution in [0.3, 0.4) is 0 Å². The summed E-state index contributed by atoms with van der Waals surface area (Å²) in [6.45, 7) is 2.35. The van der Waals surface area contributed by atoms with E-state index >= 15 is 0 Å². The molecule has 3 N–H and O–H groups in total. The number of pyridine rings is 1. The quantitative estimate of drug-likeness (QED) is 0.803. The molecule has 1 unspecified atom stereocenters. The maximum atomic E-state index is 11.8. The normalized spacial score (nSPS) is 12.1. The fourth-order valence-corrected chi connectivity index (χ4v) is 2.47. The maximum absolute atomic E-state index is 11.8. The number of aryl methyl sites for hydroxylation is 1. The number of nitrogens with one attached hydrogen (secondary N) is 1. The molecule has 0 aliphatic heterocycles. The maximum Gasteiger partial charge on any atom is 0.237 e. The summed E-state index contributed by atoms with van der Waals surface area (Å²) >= 11 is 1.69. The first kappa shape index (κ1) is 16.5. The van der Waals surface area contributed by atoms with Crippen LogP contribution in [0.2, 0.25) is 0 Å². The molecule has 0 aliphatic carbocycles. The highest BCUT2D eigenvalue weighted by atomic mass is 32.2. The van der Waals surface area contributed by atoms with Crippen LogP contribution in [0, 0.1) is 6.92 Å². The third-order valence-electron chi connectivity index (χ3n) is 3.32. The summed E-state index contributed by atoms with van der Waals surface area (Å²) in [5.41, 5.74) is 6.76. The number of carbonyl (C=O) groups is 1. The van der Waals surface area contributed by atoms with Crippen LogP contribution in [0.25, 0.3) is 5.82 Å². The lowest BCUT2D eigenvalue weighted by Gasteiger charge is -2.12. The molecule has 0 bridgehead atoms. The summed E-state index contributed by atoms with van der Waals surface area (Å²) in [4.78, 5) is 20.4. The van der Waals surface area contributed by atoms with Crippen LogP contribution in [0.1, 0.15) is 17.8 Å². The Bertz CT molecular complexity index is 611. The van der Waals surface area contributed by atoms with Gasteiger partial charge in [-0.3, -0.25) is 9.36 Å². The van der Waals surface area contributed by atoms with E-state index in [0.29, 0.717) is 13.0 Å². The summed E-state index contributed by atoms with van der Waals surface area (Å²) in [6, 6.07) is 3.40. The van der Waals surface area contributed by atoms with Crippen molar-refractivity contribution >= 4 is 17.7 Å². The van der Waals surface area contributed by atoms with Gasteiger partial charge in [0.2, 0.25) is 5.91 Å². The van der Waals surface area contributed by atoms with Crippen molar-refractivity contribution in [2.45, 2.75) is 25.9 Å². The van der Waals surface area contributed by atoms with Gasteiger partial charge >= 0.3 is 0 Å². The van der Waals surface area contributed by atoms with Gasteiger partial charge in [0.1, 0.15) is 11.6 Å². The molecular formula is C15H21N5OS. The lowest BCUT2D eigenvalue weighted by Crippen LogP contribution is -2.40. The van der Waals surface area contributed by atoms with Gasteiger partial charge < -0.3 is 11.1 Å². The van der Waals surface area contributed by atoms with Gasteiger partial charge in [-0.1, -0.05) is 6.07 Å². The number of nitrogens with two attached hydrogens (primary N) is 1. The lowest BCUT2D eigenvalue weighted by molar-refractivity contribution is -0.122. The standard InChI is InChI=1S/C15H21N5OS/c1-11-17-6-7-20(11)14-4-3-12(9-18-14)10-19-15(21)13(16)5-8-22-2/h3-4,6-7,9,13H,5,8,10,16H2,1-2H3,(H,19,21). The Morgan fingerprint density at radius 3 is 2.86 bits per heavy atom. The van der Waals surface area contributed by atoms with Gasteiger partial charge in [0.25, 0.3) is 0 Å². The largest absolute Gasteiger partial charge is 0.351 e. The zero-order valence-corrected chi connectivity index (χ0v) is 13.6. The summed E-state index contributed by atoms with van der Waals surface area (Å²) in [5, 5.41) is 2.84. The van der Waals surface area contributed by atoms with Crippen molar-refractivity contribution in [3.63, 3.8) is 0 Å². The van der Waals surface area contributed by atoms with Crippen LogP contribution in [-0.2, 0) is 11.3 Å². The molecule has 0 fully saturated rings. The monoisotopic (exact) mass is 319 g/mol. The molecule has 1 atom stereocenters. The molecule has 0 saturated carbocycles. The molecule has 0 saturated heterocycles. The molecule has 0 spiro atoms. The molecule has 0 aromatic carbocycles. The summed E-state index contributed by atoms with van der Waals surface area (Å²) < 4.78 is 1.90. The van der Waals surface area contributed by atoms with Crippen LogP contribution in [0.15, 0.2) is 30.7 Å².